The average Bonchev–Trinajstić information content (AvgIpc) is 3.35. The van der Waals surface area contributed by atoms with E-state index in [0.717, 1.165) is 40.8 Å². The first kappa shape index (κ1) is 22.3. The predicted molar refractivity (Wildman–Crippen MR) is 162 cm³/mol. The lowest BCUT2D eigenvalue weighted by Gasteiger charge is -2.26. The van der Waals surface area contributed by atoms with Crippen LogP contribution in [-0.4, -0.2) is 14.5 Å². The standard InChI is InChI=1S/C35H28N4/c1-22-19-24(26-12-6-8-23-7-2-3-9-25(23)26)13-14-33(22)39-18-16-29-34-31(21-37-35(29)39)28-11-5-4-10-27(28)30-20-36-17-15-32(30)38-34/h2-4,6-10,12-22,33,38H,5,11H2,1H3. The van der Waals surface area contributed by atoms with Gasteiger partial charge in [-0.15, -0.1) is 0 Å². The van der Waals surface area contributed by atoms with Gasteiger partial charge < -0.3 is 9.88 Å². The smallest absolute Gasteiger partial charge is 0.142 e. The molecule has 1 N–H and O–H groups in total. The molecule has 3 aromatic heterocycles. The number of hydrogen-bond acceptors (Lipinski definition) is 3. The Labute approximate surface area is 227 Å². The fourth-order valence-corrected chi connectivity index (χ4v) is 6.58. The number of aromatic nitrogens is 3. The van der Waals surface area contributed by atoms with E-state index in [4.69, 9.17) is 4.98 Å². The van der Waals surface area contributed by atoms with Gasteiger partial charge in [0.15, 0.2) is 0 Å². The lowest BCUT2D eigenvalue weighted by atomic mass is 9.88. The maximum atomic E-state index is 5.07. The average molecular weight is 505 g/mol. The van der Waals surface area contributed by atoms with E-state index < -0.39 is 0 Å². The van der Waals surface area contributed by atoms with E-state index in [1.807, 2.05) is 12.4 Å². The van der Waals surface area contributed by atoms with Crippen molar-refractivity contribution in [2.24, 2.45) is 5.92 Å². The molecular weight excluding hydrogens is 476 g/mol. The van der Waals surface area contributed by atoms with Crippen molar-refractivity contribution < 1.29 is 0 Å². The van der Waals surface area contributed by atoms with E-state index in [1.54, 1.807) is 0 Å². The first-order chi connectivity index (χ1) is 19.3. The largest absolute Gasteiger partial charge is 0.354 e. The topological polar surface area (TPSA) is 42.7 Å². The van der Waals surface area contributed by atoms with Crippen LogP contribution in [0.5, 0.6) is 0 Å². The molecule has 2 aliphatic carbocycles. The lowest BCUT2D eigenvalue weighted by Crippen LogP contribution is -2.16. The molecule has 0 saturated heterocycles. The molecule has 5 aromatic rings. The number of anilines is 2. The van der Waals surface area contributed by atoms with Crippen molar-refractivity contribution in [2.45, 2.75) is 25.8 Å². The van der Waals surface area contributed by atoms with Crippen LogP contribution in [-0.2, 0) is 0 Å². The number of hydrogen-bond donors (Lipinski definition) is 1. The second-order valence-corrected chi connectivity index (χ2v) is 10.7. The minimum Gasteiger partial charge on any atom is -0.354 e. The number of benzene rings is 2. The van der Waals surface area contributed by atoms with Gasteiger partial charge in [0.05, 0.1) is 11.7 Å². The van der Waals surface area contributed by atoms with Crippen molar-refractivity contribution in [3.05, 3.63) is 126 Å². The third-order valence-electron chi connectivity index (χ3n) is 8.48. The van der Waals surface area contributed by atoms with Crippen molar-refractivity contribution >= 4 is 49.9 Å². The van der Waals surface area contributed by atoms with Crippen molar-refractivity contribution in [3.63, 3.8) is 0 Å². The number of rotatable bonds is 2. The zero-order valence-electron chi connectivity index (χ0n) is 21.8. The van der Waals surface area contributed by atoms with Gasteiger partial charge in [-0.2, -0.15) is 0 Å². The molecule has 4 heteroatoms. The van der Waals surface area contributed by atoms with Crippen molar-refractivity contribution in [2.75, 3.05) is 5.32 Å². The Bertz CT molecular complexity index is 1910. The molecule has 4 heterocycles. The Morgan fingerprint density at radius 1 is 0.897 bits per heavy atom. The number of nitrogens with zero attached hydrogens (tertiary/aromatic N) is 3. The Morgan fingerprint density at radius 2 is 1.82 bits per heavy atom. The van der Waals surface area contributed by atoms with Gasteiger partial charge in [0.25, 0.3) is 0 Å². The Hall–Kier alpha value is -4.70. The van der Waals surface area contributed by atoms with Crippen LogP contribution in [0.4, 0.5) is 11.4 Å². The maximum absolute atomic E-state index is 5.07. The summed E-state index contributed by atoms with van der Waals surface area (Å²) in [7, 11) is 0. The third kappa shape index (κ3) is 3.45. The molecule has 1 aliphatic heterocycles. The first-order valence-corrected chi connectivity index (χ1v) is 13.8. The summed E-state index contributed by atoms with van der Waals surface area (Å²) < 4.78 is 2.34. The van der Waals surface area contributed by atoms with Crippen molar-refractivity contribution in [1.82, 2.24) is 14.5 Å². The van der Waals surface area contributed by atoms with Crippen LogP contribution in [0.1, 0.15) is 42.5 Å². The summed E-state index contributed by atoms with van der Waals surface area (Å²) in [5.41, 5.74) is 10.8. The minimum atomic E-state index is 0.196. The van der Waals surface area contributed by atoms with Gasteiger partial charge in [0.2, 0.25) is 0 Å². The molecule has 188 valence electrons. The van der Waals surface area contributed by atoms with Gasteiger partial charge in [0, 0.05) is 47.0 Å². The van der Waals surface area contributed by atoms with Crippen LogP contribution < -0.4 is 5.32 Å². The number of allylic oxidation sites excluding steroid dienone is 8. The molecule has 0 spiro atoms. The first-order valence-electron chi connectivity index (χ1n) is 13.8. The third-order valence-corrected chi connectivity index (χ3v) is 8.48. The van der Waals surface area contributed by atoms with Crippen LogP contribution in [0, 0.1) is 5.92 Å². The maximum Gasteiger partial charge on any atom is 0.142 e. The second-order valence-electron chi connectivity index (χ2n) is 10.7. The predicted octanol–water partition coefficient (Wildman–Crippen LogP) is 8.73. The molecule has 3 aliphatic rings. The van der Waals surface area contributed by atoms with Crippen molar-refractivity contribution in [1.29, 1.82) is 0 Å². The molecule has 0 saturated carbocycles. The SMILES string of the molecule is CC1C=C(c2cccc3ccccc23)C=CC1n1ccc2c3c(cnc21)C1=C(C=CCC1)c1cnccc1N3. The quantitative estimate of drug-likeness (QED) is 0.261. The lowest BCUT2D eigenvalue weighted by molar-refractivity contribution is 0.498. The van der Waals surface area contributed by atoms with E-state index in [9.17, 15) is 0 Å². The van der Waals surface area contributed by atoms with Crippen LogP contribution in [0.3, 0.4) is 0 Å². The van der Waals surface area contributed by atoms with E-state index in [1.165, 1.54) is 38.6 Å². The van der Waals surface area contributed by atoms with E-state index in [0.29, 0.717) is 5.92 Å². The highest BCUT2D eigenvalue weighted by Crippen LogP contribution is 2.46. The van der Waals surface area contributed by atoms with Crippen LogP contribution in [0.15, 0.2) is 110 Å². The fourth-order valence-electron chi connectivity index (χ4n) is 6.58. The summed E-state index contributed by atoms with van der Waals surface area (Å²) in [6, 6.07) is 19.7. The molecule has 2 aromatic carbocycles. The fraction of sp³-hybridized carbons (Fsp3) is 0.143. The number of pyridine rings is 2. The minimum absolute atomic E-state index is 0.196. The zero-order valence-corrected chi connectivity index (χ0v) is 21.8. The molecule has 2 unspecified atom stereocenters. The van der Waals surface area contributed by atoms with Crippen LogP contribution in [0.25, 0.3) is 38.5 Å². The van der Waals surface area contributed by atoms with E-state index >= 15 is 0 Å². The van der Waals surface area contributed by atoms with Crippen molar-refractivity contribution in [3.8, 4) is 0 Å². The summed E-state index contributed by atoms with van der Waals surface area (Å²) >= 11 is 0. The van der Waals surface area contributed by atoms with Crippen LogP contribution >= 0.6 is 0 Å². The highest BCUT2D eigenvalue weighted by Gasteiger charge is 2.27. The summed E-state index contributed by atoms with van der Waals surface area (Å²) in [6.07, 6.45) is 21.7. The monoisotopic (exact) mass is 504 g/mol. The molecule has 0 bridgehead atoms. The van der Waals surface area contributed by atoms with E-state index in [-0.39, 0.29) is 6.04 Å². The highest BCUT2D eigenvalue weighted by molar-refractivity contribution is 6.09. The van der Waals surface area contributed by atoms with Gasteiger partial charge in [-0.25, -0.2) is 4.98 Å². The Kier molecular flexibility index (Phi) is 4.96. The molecule has 2 atom stereocenters. The van der Waals surface area contributed by atoms with Gasteiger partial charge in [0.1, 0.15) is 5.65 Å². The highest BCUT2D eigenvalue weighted by atomic mass is 15.1. The van der Waals surface area contributed by atoms with E-state index in [2.05, 4.69) is 119 Å². The van der Waals surface area contributed by atoms with Gasteiger partial charge >= 0.3 is 0 Å². The summed E-state index contributed by atoms with van der Waals surface area (Å²) in [6.45, 7) is 2.31. The molecule has 0 amide bonds. The molecular formula is C35H28N4. The normalized spacial score (nSPS) is 19.8. The Morgan fingerprint density at radius 3 is 2.77 bits per heavy atom. The number of nitrogens with one attached hydrogen (secondary N) is 1. The van der Waals surface area contributed by atoms with Gasteiger partial charge in [-0.05, 0) is 63.9 Å². The molecule has 8 rings (SSSR count). The number of fused-ring (bicyclic) bond motifs is 7. The second kappa shape index (κ2) is 8.67. The van der Waals surface area contributed by atoms with Gasteiger partial charge in [-0.3, -0.25) is 4.98 Å². The van der Waals surface area contributed by atoms with Crippen LogP contribution in [0.2, 0.25) is 0 Å². The van der Waals surface area contributed by atoms with Gasteiger partial charge in [-0.1, -0.05) is 79.8 Å². The summed E-state index contributed by atoms with van der Waals surface area (Å²) in [4.78, 5) is 9.51. The molecule has 39 heavy (non-hydrogen) atoms. The summed E-state index contributed by atoms with van der Waals surface area (Å²) in [5, 5.41) is 7.50. The summed E-state index contributed by atoms with van der Waals surface area (Å²) in [5.74, 6) is 0.317. The molecule has 0 fully saturated rings. The molecule has 4 nitrogen and oxygen atoms in total. The molecule has 0 radical (unpaired) electrons. The Balaban J connectivity index is 1.21. The zero-order chi connectivity index (χ0) is 25.9.